The summed E-state index contributed by atoms with van der Waals surface area (Å²) in [6.45, 7) is 0. The summed E-state index contributed by atoms with van der Waals surface area (Å²) in [5.41, 5.74) is 0. The van der Waals surface area contributed by atoms with Crippen molar-refractivity contribution in [2.75, 3.05) is 0 Å². The van der Waals surface area contributed by atoms with Crippen molar-refractivity contribution in [2.24, 2.45) is 0 Å². The molecule has 0 unspecified atom stereocenters. The van der Waals surface area contributed by atoms with Gasteiger partial charge in [-0.25, -0.2) is 12.2 Å². The van der Waals surface area contributed by atoms with Gasteiger partial charge in [0, 0.05) is 40.4 Å². The molecular weight excluding hydrogens is 298 g/mol. The minimum absolute atomic E-state index is 0. The van der Waals surface area contributed by atoms with Gasteiger partial charge < -0.3 is 5.11 Å². The van der Waals surface area contributed by atoms with Crippen molar-refractivity contribution in [1.82, 2.24) is 0 Å². The number of para-hydroxylation sites is 1. The quantitative estimate of drug-likeness (QED) is 0.673. The molecule has 1 aromatic carbocycles. The third-order valence-electron chi connectivity index (χ3n) is 1.33. The van der Waals surface area contributed by atoms with Crippen molar-refractivity contribution in [3.63, 3.8) is 0 Å². The average molecular weight is 309 g/mol. The van der Waals surface area contributed by atoms with Crippen molar-refractivity contribution in [3.8, 4) is 5.75 Å². The average Bonchev–Trinajstić information content (AvgIpc) is 2.62. The SMILES string of the molecule is [C-]1=CC=CC1.[O-]c1ccccc1.[Sm]. The van der Waals surface area contributed by atoms with Gasteiger partial charge in [-0.05, 0) is 0 Å². The van der Waals surface area contributed by atoms with Crippen molar-refractivity contribution in [1.29, 1.82) is 0 Å². The van der Waals surface area contributed by atoms with Gasteiger partial charge in [-0.1, -0.05) is 30.3 Å². The molecule has 68 valence electrons. The number of allylic oxidation sites excluding steroid dienone is 4. The van der Waals surface area contributed by atoms with E-state index in [9.17, 15) is 5.11 Å². The van der Waals surface area contributed by atoms with E-state index in [1.165, 1.54) is 12.1 Å². The minimum Gasteiger partial charge on any atom is -0.872 e. The molecule has 0 atom stereocenters. The molecule has 0 spiro atoms. The van der Waals surface area contributed by atoms with Crippen LogP contribution in [0.4, 0.5) is 0 Å². The number of hydrogen-bond donors (Lipinski definition) is 0. The van der Waals surface area contributed by atoms with E-state index >= 15 is 0 Å². The van der Waals surface area contributed by atoms with Gasteiger partial charge in [0.1, 0.15) is 0 Å². The summed E-state index contributed by atoms with van der Waals surface area (Å²) >= 11 is 0. The molecular formula is C11H10OSm-2. The topological polar surface area (TPSA) is 23.1 Å². The molecule has 13 heavy (non-hydrogen) atoms. The maximum Gasteiger partial charge on any atom is 0 e. The van der Waals surface area contributed by atoms with Crippen molar-refractivity contribution in [2.45, 2.75) is 6.42 Å². The van der Waals surface area contributed by atoms with Crippen LogP contribution in [0.1, 0.15) is 6.42 Å². The summed E-state index contributed by atoms with van der Waals surface area (Å²) < 4.78 is 0. The number of hydrogen-bond acceptors (Lipinski definition) is 1. The molecule has 0 bridgehead atoms. The Morgan fingerprint density at radius 1 is 1.15 bits per heavy atom. The van der Waals surface area contributed by atoms with Gasteiger partial charge in [0.2, 0.25) is 0 Å². The molecule has 0 radical (unpaired) electrons. The fraction of sp³-hybridized carbons (Fsp3) is 0.0909. The summed E-state index contributed by atoms with van der Waals surface area (Å²) in [5, 5.41) is 10.3. The van der Waals surface area contributed by atoms with Crippen LogP contribution in [0.15, 0.2) is 48.6 Å². The molecule has 1 aliphatic rings. The van der Waals surface area contributed by atoms with Crippen LogP contribution in [0.5, 0.6) is 5.75 Å². The van der Waals surface area contributed by atoms with Crippen LogP contribution in [-0.4, -0.2) is 0 Å². The summed E-state index contributed by atoms with van der Waals surface area (Å²) in [5.74, 6) is 0.0718. The fourth-order valence-electron chi connectivity index (χ4n) is 0.761. The first-order valence-electron chi connectivity index (χ1n) is 3.83. The summed E-state index contributed by atoms with van der Waals surface area (Å²) in [6.07, 6.45) is 10.0. The van der Waals surface area contributed by atoms with E-state index in [2.05, 4.69) is 12.2 Å². The van der Waals surface area contributed by atoms with Gasteiger partial charge in [0.25, 0.3) is 0 Å². The van der Waals surface area contributed by atoms with E-state index in [0.717, 1.165) is 6.42 Å². The smallest absolute Gasteiger partial charge is 0 e. The zero-order valence-corrected chi connectivity index (χ0v) is 9.76. The standard InChI is InChI=1S/C6H6O.C5H5.Sm/c7-6-4-2-1-3-5-6;1-2-4-5-3-1;/h1-5,7H;1-3H,4H2;/q;-1;/p-1. The van der Waals surface area contributed by atoms with Gasteiger partial charge in [-0.2, -0.15) is 6.08 Å². The van der Waals surface area contributed by atoms with Crippen LogP contribution in [0.2, 0.25) is 0 Å². The molecule has 0 saturated carbocycles. The number of rotatable bonds is 0. The predicted octanol–water partition coefficient (Wildman–Crippen LogP) is 2.07. The molecule has 0 aliphatic heterocycles. The van der Waals surface area contributed by atoms with E-state index in [1.54, 1.807) is 12.1 Å². The van der Waals surface area contributed by atoms with E-state index in [-0.39, 0.29) is 46.1 Å². The van der Waals surface area contributed by atoms with Crippen LogP contribution in [-0.2, 0) is 0 Å². The fourth-order valence-corrected chi connectivity index (χ4v) is 0.761. The van der Waals surface area contributed by atoms with E-state index in [0.29, 0.717) is 0 Å². The third-order valence-corrected chi connectivity index (χ3v) is 1.33. The molecule has 2 heteroatoms. The summed E-state index contributed by atoms with van der Waals surface area (Å²) in [4.78, 5) is 0. The van der Waals surface area contributed by atoms with Gasteiger partial charge in [0.15, 0.2) is 0 Å². The van der Waals surface area contributed by atoms with Crippen molar-refractivity contribution >= 4 is 0 Å². The molecule has 0 amide bonds. The van der Waals surface area contributed by atoms with Crippen LogP contribution in [0.25, 0.3) is 0 Å². The Kier molecular flexibility index (Phi) is 8.33. The van der Waals surface area contributed by atoms with Gasteiger partial charge >= 0.3 is 0 Å². The maximum atomic E-state index is 10.3. The Labute approximate surface area is 111 Å². The normalized spacial score (nSPS) is 11.4. The first kappa shape index (κ1) is 12.8. The molecule has 0 saturated heterocycles. The zero-order chi connectivity index (χ0) is 8.65. The molecule has 1 aliphatic carbocycles. The summed E-state index contributed by atoms with van der Waals surface area (Å²) in [7, 11) is 0. The Balaban J connectivity index is 0.000000215. The van der Waals surface area contributed by atoms with E-state index < -0.39 is 0 Å². The molecule has 1 nitrogen and oxygen atoms in total. The third kappa shape index (κ3) is 6.95. The Morgan fingerprint density at radius 2 is 1.85 bits per heavy atom. The molecule has 1 aromatic rings. The van der Waals surface area contributed by atoms with Crippen LogP contribution in [0, 0.1) is 46.5 Å². The van der Waals surface area contributed by atoms with Crippen LogP contribution in [0.3, 0.4) is 0 Å². The minimum atomic E-state index is 0. The second kappa shape index (κ2) is 8.44. The summed E-state index contributed by atoms with van der Waals surface area (Å²) in [6, 6.07) is 8.33. The van der Waals surface area contributed by atoms with Crippen LogP contribution < -0.4 is 5.11 Å². The Morgan fingerprint density at radius 3 is 2.08 bits per heavy atom. The zero-order valence-electron chi connectivity index (χ0n) is 7.14. The number of benzene rings is 1. The molecule has 0 heterocycles. The largest absolute Gasteiger partial charge is 0.872 e. The van der Waals surface area contributed by atoms with Crippen LogP contribution >= 0.6 is 0 Å². The Hall–Kier alpha value is -0.162. The first-order chi connectivity index (χ1) is 5.89. The van der Waals surface area contributed by atoms with E-state index in [4.69, 9.17) is 0 Å². The van der Waals surface area contributed by atoms with Gasteiger partial charge in [-0.15, -0.1) is 12.2 Å². The first-order valence-corrected chi connectivity index (χ1v) is 3.83. The molecule has 2 rings (SSSR count). The second-order valence-electron chi connectivity index (χ2n) is 2.32. The van der Waals surface area contributed by atoms with Crippen molar-refractivity contribution in [3.05, 3.63) is 54.6 Å². The maximum absolute atomic E-state index is 10.3. The van der Waals surface area contributed by atoms with Gasteiger partial charge in [-0.3, -0.25) is 6.08 Å². The van der Waals surface area contributed by atoms with Crippen molar-refractivity contribution < 1.29 is 45.5 Å². The molecule has 0 N–H and O–H groups in total. The van der Waals surface area contributed by atoms with E-state index in [1.807, 2.05) is 18.2 Å². The predicted molar refractivity (Wildman–Crippen MR) is 47.5 cm³/mol. The second-order valence-corrected chi connectivity index (χ2v) is 2.32. The van der Waals surface area contributed by atoms with Gasteiger partial charge in [0.05, 0.1) is 0 Å². The Bertz CT molecular complexity index is 255. The molecule has 0 aromatic heterocycles. The monoisotopic (exact) mass is 310 g/mol. The molecule has 0 fully saturated rings.